The van der Waals surface area contributed by atoms with Gasteiger partial charge in [0, 0.05) is 0 Å². The molecule has 4 nitrogen and oxygen atoms in total. The number of rotatable bonds is 9. The number of benzene rings is 6. The summed E-state index contributed by atoms with van der Waals surface area (Å²) in [5.41, 5.74) is 12.2. The monoisotopic (exact) mass is 674 g/mol. The summed E-state index contributed by atoms with van der Waals surface area (Å²) < 4.78 is 33.0. The Hall–Kier alpha value is -5.05. The first kappa shape index (κ1) is 31.0. The molecule has 3 aliphatic carbocycles. The van der Waals surface area contributed by atoms with Crippen molar-refractivity contribution in [2.75, 3.05) is 0 Å². The van der Waals surface area contributed by atoms with E-state index in [0.717, 1.165) is 38.5 Å². The molecule has 0 saturated heterocycles. The van der Waals surface area contributed by atoms with Crippen molar-refractivity contribution in [2.24, 2.45) is 0 Å². The van der Waals surface area contributed by atoms with E-state index in [-0.39, 0.29) is 0 Å². The van der Waals surface area contributed by atoms with Crippen molar-refractivity contribution in [3.63, 3.8) is 0 Å². The van der Waals surface area contributed by atoms with Crippen LogP contribution in [0, 0.1) is 0 Å². The molecular formula is C45H39O4P. The molecule has 50 heavy (non-hydrogen) atoms. The zero-order chi connectivity index (χ0) is 33.5. The molecule has 9 rings (SSSR count). The molecule has 0 N–H and O–H groups in total. The molecule has 6 aromatic rings. The summed E-state index contributed by atoms with van der Waals surface area (Å²) in [7, 11) is -4.15. The number of phosphoric ester groups is 1. The van der Waals surface area contributed by atoms with Gasteiger partial charge in [-0.1, -0.05) is 109 Å². The Kier molecular flexibility index (Phi) is 8.06. The van der Waals surface area contributed by atoms with Crippen LogP contribution < -0.4 is 13.6 Å². The van der Waals surface area contributed by atoms with Crippen molar-refractivity contribution >= 4 is 7.82 Å². The van der Waals surface area contributed by atoms with Gasteiger partial charge in [-0.2, -0.15) is 4.57 Å². The molecule has 0 radical (unpaired) electrons. The van der Waals surface area contributed by atoms with E-state index in [2.05, 4.69) is 109 Å². The van der Waals surface area contributed by atoms with Crippen molar-refractivity contribution in [2.45, 2.75) is 56.3 Å². The Morgan fingerprint density at radius 3 is 0.780 bits per heavy atom. The molecule has 248 valence electrons. The lowest BCUT2D eigenvalue weighted by atomic mass is 9.96. The second-order valence-corrected chi connectivity index (χ2v) is 15.5. The van der Waals surface area contributed by atoms with Crippen LogP contribution in [0.5, 0.6) is 17.2 Å². The van der Waals surface area contributed by atoms with Crippen LogP contribution in [0.2, 0.25) is 0 Å². The zero-order valence-corrected chi connectivity index (χ0v) is 28.8. The molecule has 0 heterocycles. The van der Waals surface area contributed by atoms with Crippen molar-refractivity contribution < 1.29 is 18.1 Å². The van der Waals surface area contributed by atoms with Gasteiger partial charge in [-0.25, -0.2) is 0 Å². The van der Waals surface area contributed by atoms with Gasteiger partial charge in [0.05, 0.1) is 0 Å². The fraction of sp³-hybridized carbons (Fsp3) is 0.200. The van der Waals surface area contributed by atoms with Gasteiger partial charge in [0.1, 0.15) is 17.2 Å². The lowest BCUT2D eigenvalue weighted by Crippen LogP contribution is -2.08. The first-order valence-corrected chi connectivity index (χ1v) is 19.2. The first-order chi connectivity index (χ1) is 24.5. The van der Waals surface area contributed by atoms with Crippen molar-refractivity contribution in [3.8, 4) is 17.2 Å². The summed E-state index contributed by atoms with van der Waals surface area (Å²) in [5, 5.41) is 0. The smallest absolute Gasteiger partial charge is 0.386 e. The maximum Gasteiger partial charge on any atom is 0.647 e. The van der Waals surface area contributed by atoms with Crippen molar-refractivity contribution in [1.82, 2.24) is 0 Å². The summed E-state index contributed by atoms with van der Waals surface area (Å²) in [5.74, 6) is 2.56. The molecule has 0 aromatic heterocycles. The van der Waals surface area contributed by atoms with Crippen LogP contribution in [0.25, 0.3) is 0 Å². The maximum atomic E-state index is 14.5. The molecule has 0 aliphatic heterocycles. The van der Waals surface area contributed by atoms with Gasteiger partial charge in [-0.3, -0.25) is 0 Å². The summed E-state index contributed by atoms with van der Waals surface area (Å²) in [6.07, 6.45) is 6.12. The molecule has 0 bridgehead atoms. The van der Waals surface area contributed by atoms with E-state index in [4.69, 9.17) is 13.6 Å². The number of phosphoric acid groups is 1. The molecule has 0 fully saturated rings. The van der Waals surface area contributed by atoms with Crippen molar-refractivity contribution in [3.05, 3.63) is 196 Å². The molecule has 0 saturated carbocycles. The van der Waals surface area contributed by atoms with Crippen LogP contribution in [0.1, 0.15) is 67.8 Å². The van der Waals surface area contributed by atoms with Gasteiger partial charge in [-0.15, -0.1) is 0 Å². The number of fused-ring (bicyclic) bond motifs is 3. The standard InChI is InChI=1S/C45H39O4P/c46-50(47-43-19-13-31(14-20-43)40-25-34-7-1-2-8-35(34)26-40,48-44-21-15-32(16-22-44)41-27-36-9-3-4-10-37(36)28-41)49-45-23-17-33(18-24-45)42-29-38-11-5-6-12-39(38)30-42/h1-24,40-42H,25-30H2. The van der Waals surface area contributed by atoms with Gasteiger partial charge in [0.15, 0.2) is 0 Å². The molecule has 6 aromatic carbocycles. The summed E-state index contributed by atoms with van der Waals surface area (Å²) in [4.78, 5) is 0. The largest absolute Gasteiger partial charge is 0.647 e. The molecule has 0 atom stereocenters. The second-order valence-electron chi connectivity index (χ2n) is 14.0. The Labute approximate surface area is 294 Å². The highest BCUT2D eigenvalue weighted by molar-refractivity contribution is 7.49. The van der Waals surface area contributed by atoms with Gasteiger partial charge in [-0.05, 0) is 143 Å². The van der Waals surface area contributed by atoms with Crippen LogP contribution in [0.3, 0.4) is 0 Å². The van der Waals surface area contributed by atoms with Crippen LogP contribution in [-0.4, -0.2) is 0 Å². The summed E-state index contributed by atoms with van der Waals surface area (Å²) >= 11 is 0. The molecule has 3 aliphatic rings. The fourth-order valence-electron chi connectivity index (χ4n) is 8.23. The Morgan fingerprint density at radius 2 is 0.560 bits per heavy atom. The average Bonchev–Trinajstić information content (AvgIpc) is 3.89. The second kappa shape index (κ2) is 13.0. The minimum absolute atomic E-state index is 0.415. The summed E-state index contributed by atoms with van der Waals surface area (Å²) in [6, 6.07) is 49.6. The van der Waals surface area contributed by atoms with E-state index in [1.54, 1.807) is 0 Å². The average molecular weight is 675 g/mol. The van der Waals surface area contributed by atoms with Crippen LogP contribution in [-0.2, 0) is 43.1 Å². The van der Waals surface area contributed by atoms with Crippen LogP contribution in [0.4, 0.5) is 0 Å². The van der Waals surface area contributed by atoms with E-state index in [0.29, 0.717) is 35.0 Å². The normalized spacial score (nSPS) is 15.8. The highest BCUT2D eigenvalue weighted by atomic mass is 31.2. The third kappa shape index (κ3) is 6.37. The van der Waals surface area contributed by atoms with Gasteiger partial charge < -0.3 is 13.6 Å². The van der Waals surface area contributed by atoms with E-state index < -0.39 is 7.82 Å². The minimum Gasteiger partial charge on any atom is -0.386 e. The van der Waals surface area contributed by atoms with Crippen LogP contribution in [0.15, 0.2) is 146 Å². The molecular weight excluding hydrogens is 635 g/mol. The minimum atomic E-state index is -4.15. The third-order valence-electron chi connectivity index (χ3n) is 10.9. The summed E-state index contributed by atoms with van der Waals surface area (Å²) in [6.45, 7) is 0. The van der Waals surface area contributed by atoms with E-state index in [9.17, 15) is 4.57 Å². The molecule has 0 amide bonds. The fourth-order valence-corrected chi connectivity index (χ4v) is 9.48. The highest BCUT2D eigenvalue weighted by Crippen LogP contribution is 2.50. The molecule has 0 spiro atoms. The molecule has 5 heteroatoms. The van der Waals surface area contributed by atoms with Gasteiger partial charge in [0.2, 0.25) is 0 Å². The highest BCUT2D eigenvalue weighted by Gasteiger charge is 2.34. The lowest BCUT2D eigenvalue weighted by molar-refractivity contribution is 0.298. The Morgan fingerprint density at radius 1 is 0.340 bits per heavy atom. The van der Waals surface area contributed by atoms with E-state index >= 15 is 0 Å². The first-order valence-electron chi connectivity index (χ1n) is 17.7. The number of hydrogen-bond donors (Lipinski definition) is 0. The quantitative estimate of drug-likeness (QED) is 0.143. The lowest BCUT2D eigenvalue weighted by Gasteiger charge is -2.21. The Balaban J connectivity index is 0.934. The molecule has 0 unspecified atom stereocenters. The third-order valence-corrected chi connectivity index (χ3v) is 12.2. The maximum absolute atomic E-state index is 14.5. The number of hydrogen-bond acceptors (Lipinski definition) is 4. The topological polar surface area (TPSA) is 44.8 Å². The van der Waals surface area contributed by atoms with Gasteiger partial charge in [0.25, 0.3) is 0 Å². The predicted octanol–water partition coefficient (Wildman–Crippen LogP) is 11.0. The Bertz CT molecular complexity index is 1860. The van der Waals surface area contributed by atoms with Gasteiger partial charge >= 0.3 is 7.82 Å². The van der Waals surface area contributed by atoms with Crippen molar-refractivity contribution in [1.29, 1.82) is 0 Å². The van der Waals surface area contributed by atoms with E-state index in [1.165, 1.54) is 50.1 Å². The van der Waals surface area contributed by atoms with E-state index in [1.807, 2.05) is 36.4 Å². The predicted molar refractivity (Wildman–Crippen MR) is 199 cm³/mol. The van der Waals surface area contributed by atoms with Crippen LogP contribution >= 0.6 is 7.82 Å². The SMILES string of the molecule is O=P(Oc1ccc(C2Cc3ccccc3C2)cc1)(Oc1ccc(C2Cc3ccccc3C2)cc1)Oc1ccc(C2Cc3ccccc3C2)cc1. The zero-order valence-electron chi connectivity index (χ0n) is 27.9.